The summed E-state index contributed by atoms with van der Waals surface area (Å²) < 4.78 is 0. The summed E-state index contributed by atoms with van der Waals surface area (Å²) in [5.74, 6) is -0.817. The fraction of sp³-hybridized carbons (Fsp3) is 0.286. The molecule has 0 aromatic heterocycles. The number of benzene rings is 2. The van der Waals surface area contributed by atoms with Gasteiger partial charge in [-0.1, -0.05) is 54.6 Å². The number of carbonyl (C=O) groups is 3. The van der Waals surface area contributed by atoms with Gasteiger partial charge in [-0.2, -0.15) is 0 Å². The number of fused-ring (bicyclic) bond motifs is 2. The number of likely N-dealkylation sites (tertiary alicyclic amines) is 1. The quantitative estimate of drug-likeness (QED) is 0.859. The monoisotopic (exact) mass is 348 g/mol. The third-order valence-electron chi connectivity index (χ3n) is 5.40. The molecular weight excluding hydrogens is 328 g/mol. The molecule has 1 fully saturated rings. The number of imide groups is 1. The van der Waals surface area contributed by atoms with E-state index in [1.165, 1.54) is 0 Å². The fourth-order valence-corrected chi connectivity index (χ4v) is 4.05. The third kappa shape index (κ3) is 2.69. The van der Waals surface area contributed by atoms with Crippen LogP contribution in [0.15, 0.2) is 54.6 Å². The second-order valence-electron chi connectivity index (χ2n) is 6.96. The van der Waals surface area contributed by atoms with Crippen LogP contribution in [0.2, 0.25) is 0 Å². The average Bonchev–Trinajstić information content (AvgIpc) is 3.15. The molecule has 0 radical (unpaired) electrons. The van der Waals surface area contributed by atoms with Gasteiger partial charge in [-0.3, -0.25) is 19.3 Å². The van der Waals surface area contributed by atoms with Crippen LogP contribution < -0.4 is 5.32 Å². The highest BCUT2D eigenvalue weighted by Gasteiger charge is 2.55. The molecule has 1 atom stereocenters. The largest absolute Gasteiger partial charge is 0.350 e. The highest BCUT2D eigenvalue weighted by molar-refractivity contribution is 6.11. The number of nitrogens with zero attached hydrogens (tertiary/aromatic N) is 1. The summed E-state index contributed by atoms with van der Waals surface area (Å²) in [7, 11) is 0. The molecule has 5 nitrogen and oxygen atoms in total. The number of rotatable bonds is 4. The standard InChI is InChI=1S/C21H20N2O3/c24-18(22-13-15-6-2-1-3-7-15)14-23-19(25)12-21(20(23)26)11-10-16-8-4-5-9-17(16)21/h1-9H,10-14H2,(H,22,24)/t21-/m0/s1. The lowest BCUT2D eigenvalue weighted by Gasteiger charge is -2.22. The Hall–Kier alpha value is -2.95. The number of nitrogens with one attached hydrogen (secondary N) is 1. The lowest BCUT2D eigenvalue weighted by atomic mass is 9.80. The topological polar surface area (TPSA) is 66.5 Å². The number of amides is 3. The molecule has 1 heterocycles. The minimum atomic E-state index is -0.770. The molecule has 5 heteroatoms. The molecule has 0 unspecified atom stereocenters. The van der Waals surface area contributed by atoms with Gasteiger partial charge in [0.25, 0.3) is 0 Å². The van der Waals surface area contributed by atoms with Gasteiger partial charge >= 0.3 is 0 Å². The van der Waals surface area contributed by atoms with E-state index in [1.807, 2.05) is 54.6 Å². The molecule has 4 rings (SSSR count). The van der Waals surface area contributed by atoms with Gasteiger partial charge in [0.15, 0.2) is 0 Å². The smallest absolute Gasteiger partial charge is 0.240 e. The van der Waals surface area contributed by atoms with Crippen LogP contribution in [0.4, 0.5) is 0 Å². The lowest BCUT2D eigenvalue weighted by molar-refractivity contribution is -0.143. The molecule has 2 aromatic rings. The van der Waals surface area contributed by atoms with Crippen LogP contribution in [0.25, 0.3) is 0 Å². The highest BCUT2D eigenvalue weighted by atomic mass is 16.2. The molecule has 0 saturated carbocycles. The first-order chi connectivity index (χ1) is 12.6. The maximum absolute atomic E-state index is 13.0. The van der Waals surface area contributed by atoms with Gasteiger partial charge in [0, 0.05) is 13.0 Å². The van der Waals surface area contributed by atoms with Gasteiger partial charge < -0.3 is 5.32 Å². The van der Waals surface area contributed by atoms with Gasteiger partial charge in [0.05, 0.1) is 5.41 Å². The first-order valence-corrected chi connectivity index (χ1v) is 8.84. The zero-order valence-electron chi connectivity index (χ0n) is 14.4. The highest BCUT2D eigenvalue weighted by Crippen LogP contribution is 2.46. The second-order valence-corrected chi connectivity index (χ2v) is 6.96. The Morgan fingerprint density at radius 1 is 1.04 bits per heavy atom. The van der Waals surface area contributed by atoms with Crippen LogP contribution in [-0.2, 0) is 32.8 Å². The summed E-state index contributed by atoms with van der Waals surface area (Å²) in [5.41, 5.74) is 2.28. The van der Waals surface area contributed by atoms with Crippen molar-refractivity contribution in [2.45, 2.75) is 31.2 Å². The molecule has 1 N–H and O–H groups in total. The van der Waals surface area contributed by atoms with E-state index < -0.39 is 5.41 Å². The summed E-state index contributed by atoms with van der Waals surface area (Å²) in [5, 5.41) is 2.78. The van der Waals surface area contributed by atoms with Crippen LogP contribution in [0.1, 0.15) is 29.5 Å². The van der Waals surface area contributed by atoms with Crippen molar-refractivity contribution in [3.8, 4) is 0 Å². The molecule has 1 aliphatic heterocycles. The molecule has 1 spiro atoms. The fourth-order valence-electron chi connectivity index (χ4n) is 4.05. The molecular formula is C21H20N2O3. The Balaban J connectivity index is 1.46. The predicted molar refractivity (Wildman–Crippen MR) is 96.1 cm³/mol. The Morgan fingerprint density at radius 3 is 2.58 bits per heavy atom. The maximum atomic E-state index is 13.0. The summed E-state index contributed by atoms with van der Waals surface area (Å²) >= 11 is 0. The van der Waals surface area contributed by atoms with E-state index in [0.29, 0.717) is 13.0 Å². The predicted octanol–water partition coefficient (Wildman–Crippen LogP) is 1.95. The van der Waals surface area contributed by atoms with Crippen molar-refractivity contribution in [1.29, 1.82) is 0 Å². The van der Waals surface area contributed by atoms with Crippen molar-refractivity contribution in [2.75, 3.05) is 6.54 Å². The number of hydrogen-bond acceptors (Lipinski definition) is 3. The summed E-state index contributed by atoms with van der Waals surface area (Å²) in [6.45, 7) is 0.165. The minimum Gasteiger partial charge on any atom is -0.350 e. The normalized spacial score (nSPS) is 21.3. The van der Waals surface area contributed by atoms with E-state index in [1.54, 1.807) is 0 Å². The average molecular weight is 348 g/mol. The zero-order chi connectivity index (χ0) is 18.1. The molecule has 26 heavy (non-hydrogen) atoms. The van der Waals surface area contributed by atoms with Crippen molar-refractivity contribution in [1.82, 2.24) is 10.2 Å². The molecule has 1 saturated heterocycles. The molecule has 1 aliphatic carbocycles. The van der Waals surface area contributed by atoms with E-state index in [2.05, 4.69) is 5.32 Å². The van der Waals surface area contributed by atoms with Crippen molar-refractivity contribution < 1.29 is 14.4 Å². The van der Waals surface area contributed by atoms with Crippen molar-refractivity contribution in [3.05, 3.63) is 71.3 Å². The van der Waals surface area contributed by atoms with E-state index >= 15 is 0 Å². The Bertz CT molecular complexity index is 878. The molecule has 2 aromatic carbocycles. The zero-order valence-corrected chi connectivity index (χ0v) is 14.4. The molecule has 3 amide bonds. The number of aryl methyl sites for hydroxylation is 1. The number of hydrogen-bond donors (Lipinski definition) is 1. The summed E-state index contributed by atoms with van der Waals surface area (Å²) in [6.07, 6.45) is 1.59. The van der Waals surface area contributed by atoms with E-state index in [-0.39, 0.29) is 30.7 Å². The molecule has 132 valence electrons. The van der Waals surface area contributed by atoms with Crippen LogP contribution in [0.3, 0.4) is 0 Å². The SMILES string of the molecule is O=C(CN1C(=O)C[C@]2(CCc3ccccc32)C1=O)NCc1ccccc1. The number of carbonyl (C=O) groups excluding carboxylic acids is 3. The second kappa shape index (κ2) is 6.41. The molecule has 0 bridgehead atoms. The molecule has 2 aliphatic rings. The van der Waals surface area contributed by atoms with E-state index in [0.717, 1.165) is 28.0 Å². The summed E-state index contributed by atoms with van der Waals surface area (Å²) in [4.78, 5) is 38.9. The van der Waals surface area contributed by atoms with Crippen LogP contribution in [0, 0.1) is 0 Å². The Morgan fingerprint density at radius 2 is 1.77 bits per heavy atom. The van der Waals surface area contributed by atoms with Gasteiger partial charge in [-0.05, 0) is 29.5 Å². The summed E-state index contributed by atoms with van der Waals surface area (Å²) in [6, 6.07) is 17.3. The maximum Gasteiger partial charge on any atom is 0.240 e. The van der Waals surface area contributed by atoms with Crippen LogP contribution in [0.5, 0.6) is 0 Å². The van der Waals surface area contributed by atoms with Gasteiger partial charge in [0.1, 0.15) is 6.54 Å². The lowest BCUT2D eigenvalue weighted by Crippen LogP contribution is -2.43. The first-order valence-electron chi connectivity index (χ1n) is 8.84. The van der Waals surface area contributed by atoms with Gasteiger partial charge in [-0.25, -0.2) is 0 Å². The third-order valence-corrected chi connectivity index (χ3v) is 5.40. The van der Waals surface area contributed by atoms with Crippen LogP contribution in [-0.4, -0.2) is 29.2 Å². The van der Waals surface area contributed by atoms with Crippen molar-refractivity contribution in [3.63, 3.8) is 0 Å². The minimum absolute atomic E-state index is 0.162. The van der Waals surface area contributed by atoms with Gasteiger partial charge in [0.2, 0.25) is 17.7 Å². The van der Waals surface area contributed by atoms with E-state index in [4.69, 9.17) is 0 Å². The van der Waals surface area contributed by atoms with Crippen molar-refractivity contribution >= 4 is 17.7 Å². The first kappa shape index (κ1) is 16.5. The van der Waals surface area contributed by atoms with E-state index in [9.17, 15) is 14.4 Å². The Labute approximate surface area is 152 Å². The van der Waals surface area contributed by atoms with Crippen LogP contribution >= 0.6 is 0 Å². The van der Waals surface area contributed by atoms with Gasteiger partial charge in [-0.15, -0.1) is 0 Å². The Kier molecular flexibility index (Phi) is 4.07. The van der Waals surface area contributed by atoms with Crippen molar-refractivity contribution in [2.24, 2.45) is 0 Å².